The van der Waals surface area contributed by atoms with Crippen molar-refractivity contribution in [3.8, 4) is 11.1 Å². The van der Waals surface area contributed by atoms with Crippen LogP contribution in [0.4, 0.5) is 17.1 Å². The van der Waals surface area contributed by atoms with Gasteiger partial charge in [-0.15, -0.1) is 0 Å². The Bertz CT molecular complexity index is 949. The number of nitrogens with zero attached hydrogens (tertiary/aromatic N) is 1. The molecule has 0 radical (unpaired) electrons. The number of amides is 1. The van der Waals surface area contributed by atoms with E-state index in [1.807, 2.05) is 54.6 Å². The maximum atomic E-state index is 12.7. The van der Waals surface area contributed by atoms with Crippen LogP contribution in [0, 0.1) is 0 Å². The number of carbonyl (C=O) groups is 1. The van der Waals surface area contributed by atoms with Crippen LogP contribution in [0.2, 0.25) is 0 Å². The van der Waals surface area contributed by atoms with E-state index in [0.717, 1.165) is 16.8 Å². The average molecular weight is 359 g/mol. The van der Waals surface area contributed by atoms with Gasteiger partial charge in [0, 0.05) is 35.6 Å². The maximum Gasteiger partial charge on any atom is 0.255 e. The number of nitrogens with two attached hydrogens (primary N) is 1. The van der Waals surface area contributed by atoms with E-state index >= 15 is 0 Å². The molecule has 0 atom stereocenters. The summed E-state index contributed by atoms with van der Waals surface area (Å²) in [6.45, 7) is 1.27. The fourth-order valence-electron chi connectivity index (χ4n) is 3.22. The van der Waals surface area contributed by atoms with Crippen molar-refractivity contribution in [1.82, 2.24) is 0 Å². The van der Waals surface area contributed by atoms with Crippen molar-refractivity contribution in [2.45, 2.75) is 6.10 Å². The van der Waals surface area contributed by atoms with Gasteiger partial charge in [-0.1, -0.05) is 36.4 Å². The third kappa shape index (κ3) is 3.64. The fraction of sp³-hybridized carbons (Fsp3) is 0.136. The lowest BCUT2D eigenvalue weighted by molar-refractivity contribution is 0.102. The number of nitrogens with one attached hydrogen (secondary N) is 1. The molecule has 4 N–H and O–H groups in total. The van der Waals surface area contributed by atoms with Crippen molar-refractivity contribution in [2.75, 3.05) is 29.0 Å². The second-order valence-electron chi connectivity index (χ2n) is 6.73. The van der Waals surface area contributed by atoms with Crippen molar-refractivity contribution < 1.29 is 9.90 Å². The topological polar surface area (TPSA) is 78.6 Å². The predicted octanol–water partition coefficient (Wildman–Crippen LogP) is 3.37. The summed E-state index contributed by atoms with van der Waals surface area (Å²) in [5.74, 6) is -0.187. The molecular formula is C22H21N3O2. The van der Waals surface area contributed by atoms with Crippen LogP contribution in [0.15, 0.2) is 72.8 Å². The number of aliphatic hydroxyl groups excluding tert-OH is 1. The van der Waals surface area contributed by atoms with Gasteiger partial charge in [-0.2, -0.15) is 0 Å². The first-order valence-electron chi connectivity index (χ1n) is 8.89. The SMILES string of the molecule is Nc1ccc(-c2ccccc2)c(NC(=O)c2ccc(N3CC(O)C3)cc2)c1. The minimum atomic E-state index is -0.257. The van der Waals surface area contributed by atoms with E-state index in [0.29, 0.717) is 30.0 Å². The molecular weight excluding hydrogens is 338 g/mol. The molecule has 4 rings (SSSR count). The highest BCUT2D eigenvalue weighted by Gasteiger charge is 2.24. The highest BCUT2D eigenvalue weighted by Crippen LogP contribution is 2.30. The molecule has 1 heterocycles. The van der Waals surface area contributed by atoms with Gasteiger partial charge in [-0.25, -0.2) is 0 Å². The summed E-state index contributed by atoms with van der Waals surface area (Å²) >= 11 is 0. The number of hydrogen-bond donors (Lipinski definition) is 3. The summed E-state index contributed by atoms with van der Waals surface area (Å²) in [6, 6.07) is 22.8. The van der Waals surface area contributed by atoms with Crippen molar-refractivity contribution in [3.63, 3.8) is 0 Å². The standard InChI is InChI=1S/C22H21N3O2/c23-17-8-11-20(15-4-2-1-3-5-15)21(12-17)24-22(27)16-6-9-18(10-7-16)25-13-19(26)14-25/h1-12,19,26H,13-14,23H2,(H,24,27). The van der Waals surface area contributed by atoms with Crippen LogP contribution >= 0.6 is 0 Å². The summed E-state index contributed by atoms with van der Waals surface area (Å²) < 4.78 is 0. The Labute approximate surface area is 158 Å². The number of nitrogen functional groups attached to an aromatic ring is 1. The highest BCUT2D eigenvalue weighted by molar-refractivity contribution is 6.06. The molecule has 0 bridgehead atoms. The van der Waals surface area contributed by atoms with Crippen molar-refractivity contribution in [3.05, 3.63) is 78.4 Å². The summed E-state index contributed by atoms with van der Waals surface area (Å²) in [5, 5.41) is 12.4. The highest BCUT2D eigenvalue weighted by atomic mass is 16.3. The molecule has 0 saturated carbocycles. The van der Waals surface area contributed by atoms with Gasteiger partial charge in [0.2, 0.25) is 0 Å². The van der Waals surface area contributed by atoms with Gasteiger partial charge in [0.1, 0.15) is 0 Å². The molecule has 0 aliphatic carbocycles. The lowest BCUT2D eigenvalue weighted by Gasteiger charge is -2.37. The van der Waals surface area contributed by atoms with Gasteiger partial charge in [0.15, 0.2) is 0 Å². The Morgan fingerprint density at radius 1 is 1.00 bits per heavy atom. The molecule has 1 saturated heterocycles. The number of benzene rings is 3. The molecule has 0 spiro atoms. The van der Waals surface area contributed by atoms with Crippen molar-refractivity contribution in [1.29, 1.82) is 0 Å². The quantitative estimate of drug-likeness (QED) is 0.624. The first-order chi connectivity index (χ1) is 13.1. The largest absolute Gasteiger partial charge is 0.399 e. The zero-order chi connectivity index (χ0) is 18.8. The van der Waals surface area contributed by atoms with E-state index in [9.17, 15) is 9.90 Å². The van der Waals surface area contributed by atoms with E-state index in [1.54, 1.807) is 18.2 Å². The number of carbonyl (C=O) groups excluding carboxylic acids is 1. The minimum absolute atomic E-state index is 0.187. The van der Waals surface area contributed by atoms with E-state index in [4.69, 9.17) is 5.73 Å². The first-order valence-corrected chi connectivity index (χ1v) is 8.89. The Kier molecular flexibility index (Phi) is 4.52. The predicted molar refractivity (Wildman–Crippen MR) is 109 cm³/mol. The van der Waals surface area contributed by atoms with Crippen LogP contribution < -0.4 is 16.0 Å². The molecule has 1 amide bonds. The van der Waals surface area contributed by atoms with Crippen LogP contribution in [-0.2, 0) is 0 Å². The lowest BCUT2D eigenvalue weighted by atomic mass is 10.0. The molecule has 1 aliphatic rings. The van der Waals surface area contributed by atoms with Gasteiger partial charge in [-0.05, 0) is 42.0 Å². The number of aliphatic hydroxyl groups is 1. The third-order valence-corrected chi connectivity index (χ3v) is 4.73. The Hall–Kier alpha value is -3.31. The lowest BCUT2D eigenvalue weighted by Crippen LogP contribution is -2.50. The number of rotatable bonds is 4. The van der Waals surface area contributed by atoms with Crippen LogP contribution in [0.3, 0.4) is 0 Å². The monoisotopic (exact) mass is 359 g/mol. The number of anilines is 3. The first kappa shape index (κ1) is 17.1. The Morgan fingerprint density at radius 3 is 2.37 bits per heavy atom. The molecule has 3 aromatic carbocycles. The van der Waals surface area contributed by atoms with Crippen molar-refractivity contribution >= 4 is 23.0 Å². The third-order valence-electron chi connectivity index (χ3n) is 4.73. The zero-order valence-corrected chi connectivity index (χ0v) is 14.8. The second kappa shape index (κ2) is 7.13. The summed E-state index contributed by atoms with van der Waals surface area (Å²) in [7, 11) is 0. The zero-order valence-electron chi connectivity index (χ0n) is 14.8. The van der Waals surface area contributed by atoms with Gasteiger partial charge in [0.05, 0.1) is 11.8 Å². The van der Waals surface area contributed by atoms with Crippen LogP contribution in [0.5, 0.6) is 0 Å². The molecule has 0 aromatic heterocycles. The van der Waals surface area contributed by atoms with E-state index in [-0.39, 0.29) is 12.0 Å². The van der Waals surface area contributed by atoms with Gasteiger partial charge in [0.25, 0.3) is 5.91 Å². The van der Waals surface area contributed by atoms with Crippen LogP contribution in [-0.4, -0.2) is 30.2 Å². The molecule has 1 aliphatic heterocycles. The summed E-state index contributed by atoms with van der Waals surface area (Å²) in [4.78, 5) is 14.8. The molecule has 136 valence electrons. The number of hydrogen-bond acceptors (Lipinski definition) is 4. The van der Waals surface area contributed by atoms with Gasteiger partial charge in [-0.3, -0.25) is 4.79 Å². The van der Waals surface area contributed by atoms with E-state index in [2.05, 4.69) is 10.2 Å². The smallest absolute Gasteiger partial charge is 0.255 e. The normalized spacial score (nSPS) is 13.9. The molecule has 0 unspecified atom stereocenters. The Morgan fingerprint density at radius 2 is 1.70 bits per heavy atom. The van der Waals surface area contributed by atoms with Gasteiger partial charge < -0.3 is 21.1 Å². The Balaban J connectivity index is 1.55. The summed E-state index contributed by atoms with van der Waals surface area (Å²) in [5.41, 5.74) is 10.7. The molecule has 5 nitrogen and oxygen atoms in total. The minimum Gasteiger partial charge on any atom is -0.399 e. The average Bonchev–Trinajstić information content (AvgIpc) is 2.66. The van der Waals surface area contributed by atoms with Crippen LogP contribution in [0.25, 0.3) is 11.1 Å². The number of β-amino-alcohol motifs (C(OH)–C–C–N with tert-alkyl or cyclic N) is 1. The van der Waals surface area contributed by atoms with Gasteiger partial charge >= 0.3 is 0 Å². The summed E-state index contributed by atoms with van der Waals surface area (Å²) in [6.07, 6.45) is -0.257. The molecule has 5 heteroatoms. The van der Waals surface area contributed by atoms with E-state index < -0.39 is 0 Å². The molecule has 27 heavy (non-hydrogen) atoms. The molecule has 3 aromatic rings. The second-order valence-corrected chi connectivity index (χ2v) is 6.73. The van der Waals surface area contributed by atoms with Crippen LogP contribution in [0.1, 0.15) is 10.4 Å². The fourth-order valence-corrected chi connectivity index (χ4v) is 3.22. The van der Waals surface area contributed by atoms with Crippen molar-refractivity contribution in [2.24, 2.45) is 0 Å². The van der Waals surface area contributed by atoms with E-state index in [1.165, 1.54) is 0 Å². The molecule has 1 fully saturated rings. The maximum absolute atomic E-state index is 12.7.